The molecule has 0 spiro atoms. The molecule has 3 atom stereocenters. The highest BCUT2D eigenvalue weighted by Crippen LogP contribution is 2.34. The molecule has 3 N–H and O–H groups in total. The van der Waals surface area contributed by atoms with Crippen LogP contribution in [0.25, 0.3) is 0 Å². The van der Waals surface area contributed by atoms with Gasteiger partial charge in [-0.25, -0.2) is 9.18 Å². The van der Waals surface area contributed by atoms with E-state index in [-0.39, 0.29) is 37.2 Å². The first-order chi connectivity index (χ1) is 17.1. The SMILES string of the molecule is CC(C)(C)OC(=O)N[C@H](CO)C1=CC=CC(C2C=CC=C(COc3c(F)cccc3CC(=O)O)C2)C1. The maximum Gasteiger partial charge on any atom is 0.408 e. The van der Waals surface area contributed by atoms with Crippen LogP contribution in [0, 0.1) is 17.7 Å². The summed E-state index contributed by atoms with van der Waals surface area (Å²) < 4.78 is 25.4. The van der Waals surface area contributed by atoms with E-state index in [1.54, 1.807) is 26.8 Å². The minimum atomic E-state index is -1.05. The van der Waals surface area contributed by atoms with E-state index in [0.29, 0.717) is 18.4 Å². The Labute approximate surface area is 211 Å². The molecule has 7 nitrogen and oxygen atoms in total. The number of alkyl carbamates (subject to hydrolysis) is 1. The fraction of sp³-hybridized carbons (Fsp3) is 0.429. The molecule has 1 amide bonds. The zero-order chi connectivity index (χ0) is 26.3. The molecule has 0 aliphatic heterocycles. The van der Waals surface area contributed by atoms with E-state index in [9.17, 15) is 19.1 Å². The topological polar surface area (TPSA) is 105 Å². The van der Waals surface area contributed by atoms with Crippen molar-refractivity contribution >= 4 is 12.1 Å². The third-order valence-electron chi connectivity index (χ3n) is 5.99. The first-order valence-corrected chi connectivity index (χ1v) is 12.0. The van der Waals surface area contributed by atoms with Crippen molar-refractivity contribution in [1.29, 1.82) is 0 Å². The number of halogens is 1. The van der Waals surface area contributed by atoms with E-state index in [1.165, 1.54) is 12.1 Å². The Hall–Kier alpha value is -3.39. The lowest BCUT2D eigenvalue weighted by Crippen LogP contribution is -2.42. The summed E-state index contributed by atoms with van der Waals surface area (Å²) in [6.45, 7) is 5.24. The molecule has 0 radical (unpaired) electrons. The minimum Gasteiger partial charge on any atom is -0.486 e. The van der Waals surface area contributed by atoms with Crippen LogP contribution in [-0.4, -0.2) is 47.1 Å². The minimum absolute atomic E-state index is 0.0336. The van der Waals surface area contributed by atoms with Gasteiger partial charge in [-0.15, -0.1) is 0 Å². The van der Waals surface area contributed by atoms with E-state index < -0.39 is 29.5 Å². The average molecular weight is 500 g/mol. The Morgan fingerprint density at radius 2 is 1.83 bits per heavy atom. The first-order valence-electron chi connectivity index (χ1n) is 12.0. The van der Waals surface area contributed by atoms with E-state index in [1.807, 2.05) is 24.3 Å². The van der Waals surface area contributed by atoms with Crippen molar-refractivity contribution in [3.63, 3.8) is 0 Å². The molecule has 0 fully saturated rings. The monoisotopic (exact) mass is 499 g/mol. The molecule has 0 saturated heterocycles. The number of aliphatic carboxylic acids is 1. The number of aliphatic hydroxyl groups is 1. The molecule has 8 heteroatoms. The van der Waals surface area contributed by atoms with Crippen LogP contribution < -0.4 is 10.1 Å². The highest BCUT2D eigenvalue weighted by molar-refractivity contribution is 5.71. The number of rotatable bonds is 9. The Kier molecular flexibility index (Phi) is 9.09. The highest BCUT2D eigenvalue weighted by Gasteiger charge is 2.28. The van der Waals surface area contributed by atoms with Gasteiger partial charge in [0.15, 0.2) is 11.6 Å². The Morgan fingerprint density at radius 3 is 2.50 bits per heavy atom. The normalized spacial score (nSPS) is 20.2. The standard InChI is InChI=1S/C28H34FNO6/c1-28(2,3)36-27(34)30-24(16-31)21-10-5-9-20(14-21)19-8-4-7-18(13-19)17-35-26-22(15-25(32)33)11-6-12-23(26)29/h4-12,19-20,24,31H,13-17H2,1-3H3,(H,30,34)(H,32,33)/t19?,20?,24-/m1/s1. The number of benzene rings is 1. The van der Waals surface area contributed by atoms with Gasteiger partial charge in [-0.3, -0.25) is 4.79 Å². The van der Waals surface area contributed by atoms with Crippen LogP contribution >= 0.6 is 0 Å². The van der Waals surface area contributed by atoms with Gasteiger partial charge >= 0.3 is 12.1 Å². The van der Waals surface area contributed by atoms with E-state index in [0.717, 1.165) is 11.1 Å². The Balaban J connectivity index is 1.60. The van der Waals surface area contributed by atoms with Crippen LogP contribution in [0.4, 0.5) is 9.18 Å². The molecular weight excluding hydrogens is 465 g/mol. The summed E-state index contributed by atoms with van der Waals surface area (Å²) in [5, 5.41) is 21.7. The van der Waals surface area contributed by atoms with Crippen molar-refractivity contribution in [2.24, 2.45) is 11.8 Å². The molecule has 2 aliphatic carbocycles. The van der Waals surface area contributed by atoms with Crippen molar-refractivity contribution in [1.82, 2.24) is 5.32 Å². The first kappa shape index (κ1) is 27.2. The number of ether oxygens (including phenoxy) is 2. The number of carboxylic acid groups (broad SMARTS) is 1. The number of para-hydroxylation sites is 1. The molecule has 0 saturated carbocycles. The lowest BCUT2D eigenvalue weighted by atomic mass is 9.77. The number of hydrogen-bond donors (Lipinski definition) is 3. The van der Waals surface area contributed by atoms with Crippen molar-refractivity contribution in [3.05, 3.63) is 77.2 Å². The second-order valence-electron chi connectivity index (χ2n) is 10.0. The molecule has 194 valence electrons. The third-order valence-corrected chi connectivity index (χ3v) is 5.99. The van der Waals surface area contributed by atoms with Crippen LogP contribution in [0.3, 0.4) is 0 Å². The van der Waals surface area contributed by atoms with Gasteiger partial charge in [0.05, 0.1) is 19.1 Å². The summed E-state index contributed by atoms with van der Waals surface area (Å²) in [6.07, 6.45) is 12.4. The number of carbonyl (C=O) groups is 2. The lowest BCUT2D eigenvalue weighted by Gasteiger charge is -2.31. The summed E-state index contributed by atoms with van der Waals surface area (Å²) in [4.78, 5) is 23.3. The molecule has 0 bridgehead atoms. The molecule has 0 aromatic heterocycles. The maximum absolute atomic E-state index is 14.3. The van der Waals surface area contributed by atoms with Crippen molar-refractivity contribution in [3.8, 4) is 5.75 Å². The summed E-state index contributed by atoms with van der Waals surface area (Å²) >= 11 is 0. The van der Waals surface area contributed by atoms with Crippen LogP contribution in [0.5, 0.6) is 5.75 Å². The number of allylic oxidation sites excluding steroid dienone is 6. The number of carboxylic acids is 1. The van der Waals surface area contributed by atoms with Gasteiger partial charge in [-0.1, -0.05) is 48.6 Å². The Bertz CT molecular complexity index is 1080. The number of hydrogen-bond acceptors (Lipinski definition) is 5. The smallest absolute Gasteiger partial charge is 0.408 e. The number of nitrogens with one attached hydrogen (secondary N) is 1. The van der Waals surface area contributed by atoms with Gasteiger partial charge in [-0.05, 0) is 62.7 Å². The van der Waals surface area contributed by atoms with Crippen LogP contribution in [0.2, 0.25) is 0 Å². The fourth-order valence-corrected chi connectivity index (χ4v) is 4.34. The number of amides is 1. The fourth-order valence-electron chi connectivity index (χ4n) is 4.34. The summed E-state index contributed by atoms with van der Waals surface area (Å²) in [5.74, 6) is -1.40. The second kappa shape index (κ2) is 12.0. The molecule has 1 aromatic carbocycles. The predicted molar refractivity (Wildman–Crippen MR) is 134 cm³/mol. The molecule has 36 heavy (non-hydrogen) atoms. The van der Waals surface area contributed by atoms with Gasteiger partial charge < -0.3 is 25.0 Å². The van der Waals surface area contributed by atoms with Gasteiger partial charge in [0.1, 0.15) is 12.2 Å². The molecule has 0 heterocycles. The molecule has 2 aliphatic rings. The highest BCUT2D eigenvalue weighted by atomic mass is 19.1. The summed E-state index contributed by atoms with van der Waals surface area (Å²) in [6, 6.07) is 3.72. The molecule has 2 unspecified atom stereocenters. The quantitative estimate of drug-likeness (QED) is 0.454. The predicted octanol–water partition coefficient (Wildman–Crippen LogP) is 4.72. The second-order valence-corrected chi connectivity index (χ2v) is 10.0. The van der Waals surface area contributed by atoms with Crippen LogP contribution in [0.15, 0.2) is 65.8 Å². The van der Waals surface area contributed by atoms with Crippen molar-refractivity contribution in [2.45, 2.75) is 51.7 Å². The molecule has 3 rings (SSSR count). The van der Waals surface area contributed by atoms with Crippen molar-refractivity contribution < 1.29 is 33.7 Å². The summed E-state index contributed by atoms with van der Waals surface area (Å²) in [7, 11) is 0. The van der Waals surface area contributed by atoms with Gasteiger partial charge in [0.2, 0.25) is 0 Å². The lowest BCUT2D eigenvalue weighted by molar-refractivity contribution is -0.136. The third kappa shape index (κ3) is 7.81. The van der Waals surface area contributed by atoms with E-state index >= 15 is 0 Å². The zero-order valence-electron chi connectivity index (χ0n) is 20.9. The Morgan fingerprint density at radius 1 is 1.14 bits per heavy atom. The largest absolute Gasteiger partial charge is 0.486 e. The molecular formula is C28H34FNO6. The molecule has 1 aromatic rings. The maximum atomic E-state index is 14.3. The summed E-state index contributed by atoms with van der Waals surface area (Å²) in [5.41, 5.74) is 1.52. The number of aliphatic hydroxyl groups excluding tert-OH is 1. The van der Waals surface area contributed by atoms with Gasteiger partial charge in [0, 0.05) is 5.56 Å². The van der Waals surface area contributed by atoms with Crippen LogP contribution in [-0.2, 0) is 16.0 Å². The van der Waals surface area contributed by atoms with Gasteiger partial charge in [-0.2, -0.15) is 0 Å². The van der Waals surface area contributed by atoms with Crippen LogP contribution in [0.1, 0.15) is 39.2 Å². The average Bonchev–Trinajstić information content (AvgIpc) is 2.81. The number of carbonyl (C=O) groups excluding carboxylic acids is 1. The van der Waals surface area contributed by atoms with Gasteiger partial charge in [0.25, 0.3) is 0 Å². The van der Waals surface area contributed by atoms with E-state index in [4.69, 9.17) is 14.6 Å². The zero-order valence-corrected chi connectivity index (χ0v) is 20.9. The van der Waals surface area contributed by atoms with E-state index in [2.05, 4.69) is 17.5 Å². The van der Waals surface area contributed by atoms with Crippen molar-refractivity contribution in [2.75, 3.05) is 13.2 Å².